The van der Waals surface area contributed by atoms with E-state index in [4.69, 9.17) is 0 Å². The highest BCUT2D eigenvalue weighted by atomic mass is 16.3. The fourth-order valence-corrected chi connectivity index (χ4v) is 2.16. The molecule has 2 unspecified atom stereocenters. The number of nitrogens with one attached hydrogen (secondary N) is 1. The Morgan fingerprint density at radius 2 is 2.44 bits per heavy atom. The largest absolute Gasteiger partial charge is 0.391 e. The summed E-state index contributed by atoms with van der Waals surface area (Å²) in [6.07, 6.45) is 4.88. The number of β-amino-alcohol motifs (C(OH)–C–C–N with tert-alkyl or cyclic N) is 1. The lowest BCUT2D eigenvalue weighted by Gasteiger charge is -2.31. The second kappa shape index (κ2) is 5.39. The second-order valence-electron chi connectivity index (χ2n) is 4.86. The van der Waals surface area contributed by atoms with Crippen molar-refractivity contribution in [1.29, 1.82) is 0 Å². The van der Waals surface area contributed by atoms with E-state index >= 15 is 0 Å². The minimum atomic E-state index is -0.391. The Bertz CT molecular complexity index is 418. The lowest BCUT2D eigenvalue weighted by molar-refractivity contribution is 0.0835. The predicted molar refractivity (Wildman–Crippen MR) is 67.0 cm³/mol. The Morgan fingerprint density at radius 3 is 3.06 bits per heavy atom. The minimum absolute atomic E-state index is 0.0785. The Morgan fingerprint density at radius 1 is 1.67 bits per heavy atom. The van der Waals surface area contributed by atoms with Gasteiger partial charge in [0.2, 0.25) is 0 Å². The molecule has 1 fully saturated rings. The van der Waals surface area contributed by atoms with Gasteiger partial charge in [-0.1, -0.05) is 0 Å². The summed E-state index contributed by atoms with van der Waals surface area (Å²) in [5.41, 5.74) is 0.975. The molecule has 1 saturated heterocycles. The summed E-state index contributed by atoms with van der Waals surface area (Å²) in [6, 6.07) is -0.199. The van der Waals surface area contributed by atoms with Crippen molar-refractivity contribution in [3.05, 3.63) is 18.0 Å². The van der Waals surface area contributed by atoms with Gasteiger partial charge in [-0.3, -0.25) is 4.68 Å². The third-order valence-electron chi connectivity index (χ3n) is 3.25. The first kappa shape index (κ1) is 12.9. The average molecular weight is 252 g/mol. The molecule has 1 aliphatic heterocycles. The van der Waals surface area contributed by atoms with E-state index in [0.717, 1.165) is 18.4 Å². The molecular formula is C12H20N4O2. The molecule has 0 aromatic carbocycles. The topological polar surface area (TPSA) is 70.4 Å². The van der Waals surface area contributed by atoms with Crippen LogP contribution in [0.5, 0.6) is 0 Å². The number of piperidine rings is 1. The Kier molecular flexibility index (Phi) is 3.86. The van der Waals surface area contributed by atoms with Crippen LogP contribution in [0.15, 0.2) is 12.4 Å². The molecule has 0 bridgehead atoms. The van der Waals surface area contributed by atoms with E-state index in [-0.39, 0.29) is 12.1 Å². The number of likely N-dealkylation sites (tertiary alicyclic amines) is 1. The number of rotatable bonds is 2. The molecule has 0 spiro atoms. The zero-order valence-corrected chi connectivity index (χ0v) is 10.8. The van der Waals surface area contributed by atoms with Gasteiger partial charge in [0.15, 0.2) is 0 Å². The number of aliphatic hydroxyl groups is 1. The highest BCUT2D eigenvalue weighted by Crippen LogP contribution is 2.13. The maximum atomic E-state index is 12.0. The number of urea groups is 1. The van der Waals surface area contributed by atoms with Crippen molar-refractivity contribution < 1.29 is 9.90 Å². The normalized spacial score (nSPS) is 21.7. The number of aryl methyl sites for hydroxylation is 1. The molecule has 6 nitrogen and oxygen atoms in total. The predicted octanol–water partition coefficient (Wildman–Crippen LogP) is 0.647. The zero-order valence-electron chi connectivity index (χ0n) is 10.8. The van der Waals surface area contributed by atoms with Gasteiger partial charge in [-0.05, 0) is 19.8 Å². The highest BCUT2D eigenvalue weighted by molar-refractivity contribution is 5.74. The number of amides is 2. The molecular weight excluding hydrogens is 232 g/mol. The third-order valence-corrected chi connectivity index (χ3v) is 3.25. The van der Waals surface area contributed by atoms with Crippen molar-refractivity contribution in [3.63, 3.8) is 0 Å². The number of carbonyl (C=O) groups is 1. The van der Waals surface area contributed by atoms with Crippen LogP contribution in [0.1, 0.15) is 31.4 Å². The third kappa shape index (κ3) is 3.01. The van der Waals surface area contributed by atoms with E-state index in [1.807, 2.05) is 20.2 Å². The molecule has 18 heavy (non-hydrogen) atoms. The van der Waals surface area contributed by atoms with Crippen LogP contribution in [0.4, 0.5) is 4.79 Å². The molecule has 6 heteroatoms. The zero-order chi connectivity index (χ0) is 13.1. The van der Waals surface area contributed by atoms with Gasteiger partial charge < -0.3 is 15.3 Å². The Labute approximate surface area is 107 Å². The molecule has 2 atom stereocenters. The molecule has 2 rings (SSSR count). The van der Waals surface area contributed by atoms with Gasteiger partial charge in [0, 0.05) is 31.9 Å². The van der Waals surface area contributed by atoms with Gasteiger partial charge in [-0.25, -0.2) is 4.79 Å². The first-order chi connectivity index (χ1) is 8.56. The van der Waals surface area contributed by atoms with Gasteiger partial charge in [0.1, 0.15) is 0 Å². The molecule has 0 saturated carbocycles. The van der Waals surface area contributed by atoms with Gasteiger partial charge in [0.05, 0.1) is 18.3 Å². The Balaban J connectivity index is 1.90. The van der Waals surface area contributed by atoms with Crippen molar-refractivity contribution in [2.24, 2.45) is 7.05 Å². The number of aromatic nitrogens is 2. The van der Waals surface area contributed by atoms with E-state index in [2.05, 4.69) is 10.4 Å². The van der Waals surface area contributed by atoms with Crippen LogP contribution in [0, 0.1) is 0 Å². The van der Waals surface area contributed by atoms with Crippen LogP contribution >= 0.6 is 0 Å². The van der Waals surface area contributed by atoms with Gasteiger partial charge in [-0.2, -0.15) is 5.10 Å². The number of hydrogen-bond donors (Lipinski definition) is 2. The van der Waals surface area contributed by atoms with Crippen LogP contribution in [0.3, 0.4) is 0 Å². The number of aliphatic hydroxyl groups excluding tert-OH is 1. The quantitative estimate of drug-likeness (QED) is 0.811. The van der Waals surface area contributed by atoms with Crippen molar-refractivity contribution in [2.75, 3.05) is 13.1 Å². The summed E-state index contributed by atoms with van der Waals surface area (Å²) in [5.74, 6) is 0. The summed E-state index contributed by atoms with van der Waals surface area (Å²) < 4.78 is 1.71. The first-order valence-corrected chi connectivity index (χ1v) is 6.28. The summed E-state index contributed by atoms with van der Waals surface area (Å²) in [7, 11) is 1.85. The molecule has 0 radical (unpaired) electrons. The second-order valence-corrected chi connectivity index (χ2v) is 4.86. The molecule has 0 aliphatic carbocycles. The lowest BCUT2D eigenvalue weighted by Crippen LogP contribution is -2.47. The fraction of sp³-hybridized carbons (Fsp3) is 0.667. The van der Waals surface area contributed by atoms with E-state index in [1.54, 1.807) is 15.8 Å². The molecule has 1 aromatic rings. The number of carbonyl (C=O) groups excluding carboxylic acids is 1. The van der Waals surface area contributed by atoms with E-state index in [1.165, 1.54) is 0 Å². The molecule has 2 amide bonds. The fourth-order valence-electron chi connectivity index (χ4n) is 2.16. The van der Waals surface area contributed by atoms with Crippen LogP contribution in [0.2, 0.25) is 0 Å². The summed E-state index contributed by atoms with van der Waals surface area (Å²) in [6.45, 7) is 3.06. The van der Waals surface area contributed by atoms with Crippen LogP contribution in [0.25, 0.3) is 0 Å². The minimum Gasteiger partial charge on any atom is -0.391 e. The number of nitrogens with zero attached hydrogens (tertiary/aromatic N) is 3. The van der Waals surface area contributed by atoms with E-state index in [9.17, 15) is 9.90 Å². The van der Waals surface area contributed by atoms with E-state index in [0.29, 0.717) is 13.1 Å². The lowest BCUT2D eigenvalue weighted by atomic mass is 10.1. The van der Waals surface area contributed by atoms with Crippen LogP contribution < -0.4 is 5.32 Å². The number of hydrogen-bond acceptors (Lipinski definition) is 3. The molecule has 2 N–H and O–H groups in total. The average Bonchev–Trinajstić information content (AvgIpc) is 2.76. The summed E-state index contributed by atoms with van der Waals surface area (Å²) in [4.78, 5) is 13.7. The SMILES string of the molecule is CC(NC(=O)N1CCCC(O)C1)c1cnn(C)c1. The van der Waals surface area contributed by atoms with Crippen molar-refractivity contribution in [2.45, 2.75) is 31.9 Å². The summed E-state index contributed by atoms with van der Waals surface area (Å²) in [5, 5.41) is 16.6. The monoisotopic (exact) mass is 252 g/mol. The van der Waals surface area contributed by atoms with Crippen molar-refractivity contribution in [1.82, 2.24) is 20.0 Å². The van der Waals surface area contributed by atoms with Crippen LogP contribution in [-0.4, -0.2) is 45.0 Å². The maximum Gasteiger partial charge on any atom is 0.317 e. The highest BCUT2D eigenvalue weighted by Gasteiger charge is 2.23. The van der Waals surface area contributed by atoms with Crippen molar-refractivity contribution >= 4 is 6.03 Å². The Hall–Kier alpha value is -1.56. The van der Waals surface area contributed by atoms with Crippen molar-refractivity contribution in [3.8, 4) is 0 Å². The maximum absolute atomic E-state index is 12.0. The summed E-state index contributed by atoms with van der Waals surface area (Å²) >= 11 is 0. The molecule has 2 heterocycles. The first-order valence-electron chi connectivity index (χ1n) is 6.28. The van der Waals surface area contributed by atoms with Gasteiger partial charge in [-0.15, -0.1) is 0 Å². The van der Waals surface area contributed by atoms with Crippen LogP contribution in [-0.2, 0) is 7.05 Å². The smallest absolute Gasteiger partial charge is 0.317 e. The standard InChI is InChI=1S/C12H20N4O2/c1-9(10-6-13-15(2)7-10)14-12(18)16-5-3-4-11(17)8-16/h6-7,9,11,17H,3-5,8H2,1-2H3,(H,14,18). The van der Waals surface area contributed by atoms with Gasteiger partial charge >= 0.3 is 6.03 Å². The van der Waals surface area contributed by atoms with E-state index < -0.39 is 6.10 Å². The molecule has 100 valence electrons. The molecule has 1 aliphatic rings. The van der Waals surface area contributed by atoms with Gasteiger partial charge in [0.25, 0.3) is 0 Å². The molecule has 1 aromatic heterocycles.